The minimum Gasteiger partial charge on any atom is -0.300 e. The Bertz CT molecular complexity index is 686. The van der Waals surface area contributed by atoms with Gasteiger partial charge in [0.05, 0.1) is 11.3 Å². The zero-order valence-corrected chi connectivity index (χ0v) is 14.1. The Kier molecular flexibility index (Phi) is 6.77. The molecular weight excluding hydrogens is 320 g/mol. The molecule has 0 aromatic heterocycles. The average Bonchev–Trinajstić information content (AvgIpc) is 2.63. The number of allylic oxidation sites excluding steroid dienone is 2. The monoisotopic (exact) mass is 342 g/mol. The number of Topliss-reactive ketones (excluding diaryl/α,β-unsaturated/α-hetero) is 1. The lowest BCUT2D eigenvalue weighted by Gasteiger charge is -2.25. The fourth-order valence-corrected chi connectivity index (χ4v) is 2.84. The van der Waals surface area contributed by atoms with Crippen LogP contribution in [0.25, 0.3) is 5.57 Å². The number of hydrogen-bond acceptors (Lipinski definition) is 5. The molecular formula is C19H22N2O4. The predicted octanol–water partition coefficient (Wildman–Crippen LogP) is 3.18. The summed E-state index contributed by atoms with van der Waals surface area (Å²) in [6, 6.07) is 5.84. The van der Waals surface area contributed by atoms with Gasteiger partial charge < -0.3 is 0 Å². The van der Waals surface area contributed by atoms with Gasteiger partial charge in [0.15, 0.2) is 11.6 Å². The first kappa shape index (κ1) is 18.7. The first-order valence-electron chi connectivity index (χ1n) is 8.37. The molecule has 6 heteroatoms. The molecule has 0 unspecified atom stereocenters. The summed E-state index contributed by atoms with van der Waals surface area (Å²) in [6.45, 7) is 6.00. The maximum Gasteiger partial charge on any atom is 0.269 e. The zero-order chi connectivity index (χ0) is 18.2. The lowest BCUT2D eigenvalue weighted by atomic mass is 9.97. The number of hydrogen-bond donors (Lipinski definition) is 0. The van der Waals surface area contributed by atoms with Crippen LogP contribution in [0, 0.1) is 10.1 Å². The van der Waals surface area contributed by atoms with Gasteiger partial charge in [0.1, 0.15) is 0 Å². The van der Waals surface area contributed by atoms with E-state index < -0.39 is 4.92 Å². The Balaban J connectivity index is 2.23. The predicted molar refractivity (Wildman–Crippen MR) is 96.2 cm³/mol. The quantitative estimate of drug-likeness (QED) is 0.314. The smallest absolute Gasteiger partial charge is 0.269 e. The van der Waals surface area contributed by atoms with Crippen molar-refractivity contribution in [3.63, 3.8) is 0 Å². The van der Waals surface area contributed by atoms with Gasteiger partial charge in [-0.3, -0.25) is 24.6 Å². The molecule has 132 valence electrons. The van der Waals surface area contributed by atoms with Crippen molar-refractivity contribution in [3.8, 4) is 0 Å². The van der Waals surface area contributed by atoms with Crippen molar-refractivity contribution in [2.45, 2.75) is 25.7 Å². The van der Waals surface area contributed by atoms with Crippen molar-refractivity contribution in [2.24, 2.45) is 0 Å². The van der Waals surface area contributed by atoms with Crippen LogP contribution in [0.2, 0.25) is 0 Å². The van der Waals surface area contributed by atoms with Crippen LogP contribution in [0.4, 0.5) is 5.69 Å². The van der Waals surface area contributed by atoms with Crippen molar-refractivity contribution >= 4 is 22.8 Å². The number of nitrogens with zero attached hydrogens (tertiary/aromatic N) is 2. The summed E-state index contributed by atoms with van der Waals surface area (Å²) in [4.78, 5) is 36.6. The van der Waals surface area contributed by atoms with E-state index in [9.17, 15) is 19.7 Å². The number of likely N-dealkylation sites (tertiary alicyclic amines) is 1. The number of nitro groups is 1. The van der Waals surface area contributed by atoms with Gasteiger partial charge in [-0.05, 0) is 49.7 Å². The molecule has 0 N–H and O–H groups in total. The Morgan fingerprint density at radius 1 is 1.16 bits per heavy atom. The minimum absolute atomic E-state index is 0.0336. The lowest BCUT2D eigenvalue weighted by Crippen LogP contribution is -2.30. The standard InChI is InChI=1S/C19H22N2O4/c1-2-17(22)14-19(23)18(10-13-20-11-4-3-5-12-20)15-6-8-16(9-7-15)21(24)25/h2,6-10H,1,3-5,11-14H2. The number of carbonyl (C=O) groups excluding carboxylic acids is 2. The van der Waals surface area contributed by atoms with Crippen molar-refractivity contribution < 1.29 is 14.5 Å². The molecule has 25 heavy (non-hydrogen) atoms. The topological polar surface area (TPSA) is 80.5 Å². The van der Waals surface area contributed by atoms with Crippen molar-refractivity contribution in [1.82, 2.24) is 4.90 Å². The third-order valence-corrected chi connectivity index (χ3v) is 4.25. The third-order valence-electron chi connectivity index (χ3n) is 4.25. The number of benzene rings is 1. The molecule has 2 rings (SSSR count). The van der Waals surface area contributed by atoms with E-state index in [2.05, 4.69) is 11.5 Å². The Morgan fingerprint density at radius 3 is 2.36 bits per heavy atom. The summed E-state index contributed by atoms with van der Waals surface area (Å²) in [5, 5.41) is 10.8. The van der Waals surface area contributed by atoms with Crippen LogP contribution in [0.1, 0.15) is 31.2 Å². The van der Waals surface area contributed by atoms with Crippen LogP contribution >= 0.6 is 0 Å². The van der Waals surface area contributed by atoms with Crippen LogP contribution in [-0.2, 0) is 9.59 Å². The third kappa shape index (κ3) is 5.46. The second-order valence-electron chi connectivity index (χ2n) is 6.05. The molecule has 0 aliphatic carbocycles. The highest BCUT2D eigenvalue weighted by Crippen LogP contribution is 2.21. The molecule has 0 atom stereocenters. The lowest BCUT2D eigenvalue weighted by molar-refractivity contribution is -0.384. The number of nitro benzene ring substituents is 1. The molecule has 1 aromatic carbocycles. The van der Waals surface area contributed by atoms with Crippen LogP contribution in [0.5, 0.6) is 0 Å². The molecule has 1 aromatic rings. The molecule has 0 bridgehead atoms. The number of non-ortho nitro benzene ring substituents is 1. The molecule has 6 nitrogen and oxygen atoms in total. The Hall–Kier alpha value is -2.60. The second kappa shape index (κ2) is 9.03. The minimum atomic E-state index is -0.482. The van der Waals surface area contributed by atoms with Gasteiger partial charge in [0.2, 0.25) is 0 Å². The highest BCUT2D eigenvalue weighted by Gasteiger charge is 2.17. The normalized spacial score (nSPS) is 15.6. The summed E-state index contributed by atoms with van der Waals surface area (Å²) >= 11 is 0. The van der Waals surface area contributed by atoms with Gasteiger partial charge in [0.25, 0.3) is 5.69 Å². The number of rotatable bonds is 8. The number of carbonyl (C=O) groups is 2. The van der Waals surface area contributed by atoms with E-state index in [0.717, 1.165) is 32.0 Å². The highest BCUT2D eigenvalue weighted by molar-refractivity contribution is 6.26. The van der Waals surface area contributed by atoms with Gasteiger partial charge in [-0.15, -0.1) is 0 Å². The molecule has 1 fully saturated rings. The highest BCUT2D eigenvalue weighted by atomic mass is 16.6. The largest absolute Gasteiger partial charge is 0.300 e. The van der Waals surface area contributed by atoms with Crippen LogP contribution in [0.15, 0.2) is 43.0 Å². The van der Waals surface area contributed by atoms with Gasteiger partial charge in [-0.25, -0.2) is 0 Å². The van der Waals surface area contributed by atoms with E-state index in [4.69, 9.17) is 0 Å². The maximum absolute atomic E-state index is 12.5. The summed E-state index contributed by atoms with van der Waals surface area (Å²) in [7, 11) is 0. The first-order valence-corrected chi connectivity index (χ1v) is 8.37. The van der Waals surface area contributed by atoms with E-state index in [-0.39, 0.29) is 23.7 Å². The van der Waals surface area contributed by atoms with E-state index in [1.54, 1.807) is 12.1 Å². The molecule has 1 saturated heterocycles. The van der Waals surface area contributed by atoms with E-state index in [0.29, 0.717) is 17.7 Å². The Morgan fingerprint density at radius 2 is 1.80 bits per heavy atom. The summed E-state index contributed by atoms with van der Waals surface area (Å²) in [6.07, 6.45) is 6.23. The molecule has 0 amide bonds. The molecule has 0 radical (unpaired) electrons. The summed E-state index contributed by atoms with van der Waals surface area (Å²) in [5.41, 5.74) is 0.980. The van der Waals surface area contributed by atoms with E-state index >= 15 is 0 Å². The zero-order valence-electron chi connectivity index (χ0n) is 14.1. The molecule has 1 aliphatic rings. The fourth-order valence-electron chi connectivity index (χ4n) is 2.84. The summed E-state index contributed by atoms with van der Waals surface area (Å²) in [5.74, 6) is -0.633. The van der Waals surface area contributed by atoms with Gasteiger partial charge in [-0.2, -0.15) is 0 Å². The van der Waals surface area contributed by atoms with Crippen LogP contribution in [0.3, 0.4) is 0 Å². The number of piperidine rings is 1. The summed E-state index contributed by atoms with van der Waals surface area (Å²) < 4.78 is 0. The maximum atomic E-state index is 12.5. The van der Waals surface area contributed by atoms with Gasteiger partial charge in [0, 0.05) is 24.3 Å². The van der Waals surface area contributed by atoms with Crippen molar-refractivity contribution in [1.29, 1.82) is 0 Å². The average molecular weight is 342 g/mol. The molecule has 0 saturated carbocycles. The molecule has 0 spiro atoms. The van der Waals surface area contributed by atoms with Crippen LogP contribution in [-0.4, -0.2) is 41.0 Å². The van der Waals surface area contributed by atoms with E-state index in [1.807, 2.05) is 6.08 Å². The molecule has 1 aliphatic heterocycles. The van der Waals surface area contributed by atoms with Crippen molar-refractivity contribution in [3.05, 3.63) is 58.7 Å². The fraction of sp³-hybridized carbons (Fsp3) is 0.368. The van der Waals surface area contributed by atoms with Crippen LogP contribution < -0.4 is 0 Å². The van der Waals surface area contributed by atoms with Gasteiger partial charge >= 0.3 is 0 Å². The van der Waals surface area contributed by atoms with Gasteiger partial charge in [-0.1, -0.05) is 19.1 Å². The van der Waals surface area contributed by atoms with E-state index in [1.165, 1.54) is 18.6 Å². The van der Waals surface area contributed by atoms with Crippen molar-refractivity contribution in [2.75, 3.05) is 19.6 Å². The number of ketones is 2. The second-order valence-corrected chi connectivity index (χ2v) is 6.05. The Labute approximate surface area is 147 Å². The molecule has 1 heterocycles. The first-order chi connectivity index (χ1) is 12.0. The SMILES string of the molecule is C=CC(=O)CC(=O)C(=CCN1CCCCC1)c1ccc([N+](=O)[O-])cc1.